The quantitative estimate of drug-likeness (QED) is 0.215. The molecule has 0 saturated heterocycles. The van der Waals surface area contributed by atoms with Crippen molar-refractivity contribution in [1.82, 2.24) is 25.6 Å². The molecule has 4 rings (SSSR count). The van der Waals surface area contributed by atoms with Crippen LogP contribution >= 0.6 is 0 Å². The lowest BCUT2D eigenvalue weighted by Gasteiger charge is -2.30. The second-order valence-corrected chi connectivity index (χ2v) is 10.5. The van der Waals surface area contributed by atoms with Crippen molar-refractivity contribution in [2.45, 2.75) is 84.6 Å². The number of nitrogens with one attached hydrogen (secondary N) is 5. The zero-order chi connectivity index (χ0) is 31.0. The highest BCUT2D eigenvalue weighted by molar-refractivity contribution is 6.14. The minimum absolute atomic E-state index is 0.0253. The summed E-state index contributed by atoms with van der Waals surface area (Å²) < 4.78 is 35.3. The molecule has 2 amide bonds. The lowest BCUT2D eigenvalue weighted by molar-refractivity contribution is -0.0498. The number of benzene rings is 1. The van der Waals surface area contributed by atoms with Gasteiger partial charge < -0.3 is 30.4 Å². The summed E-state index contributed by atoms with van der Waals surface area (Å²) in [7, 11) is 1.64. The number of nitrogens with zero attached hydrogens (tertiary/aromatic N) is 2. The summed E-state index contributed by atoms with van der Waals surface area (Å²) in [5.41, 5.74) is 1.22. The predicted molar refractivity (Wildman–Crippen MR) is 157 cm³/mol. The number of anilines is 1. The van der Waals surface area contributed by atoms with Crippen LogP contribution in [0.3, 0.4) is 0 Å². The molecule has 0 aliphatic heterocycles. The number of hydrogen-bond acceptors (Lipinski definition) is 8. The van der Waals surface area contributed by atoms with E-state index in [1.54, 1.807) is 7.05 Å². The third kappa shape index (κ3) is 8.37. The van der Waals surface area contributed by atoms with E-state index in [0.717, 1.165) is 0 Å². The molecule has 1 fully saturated rings. The van der Waals surface area contributed by atoms with Gasteiger partial charge in [-0.1, -0.05) is 13.8 Å². The van der Waals surface area contributed by atoms with E-state index in [-0.39, 0.29) is 51.8 Å². The second-order valence-electron chi connectivity index (χ2n) is 10.5. The van der Waals surface area contributed by atoms with Gasteiger partial charge in [-0.05, 0) is 64.7 Å². The summed E-state index contributed by atoms with van der Waals surface area (Å²) >= 11 is 0. The average Bonchev–Trinajstić information content (AvgIpc) is 3.37. The third-order valence-corrected chi connectivity index (χ3v) is 6.42. The van der Waals surface area contributed by atoms with E-state index in [2.05, 4.69) is 35.6 Å². The van der Waals surface area contributed by atoms with Crippen LogP contribution in [-0.4, -0.2) is 64.0 Å². The number of alkyl halides is 2. The molecule has 42 heavy (non-hydrogen) atoms. The van der Waals surface area contributed by atoms with Crippen LogP contribution in [0.5, 0.6) is 5.75 Å². The van der Waals surface area contributed by atoms with Crippen LogP contribution < -0.4 is 20.7 Å². The maximum atomic E-state index is 13.2. The van der Waals surface area contributed by atoms with Gasteiger partial charge in [0.25, 0.3) is 5.91 Å². The van der Waals surface area contributed by atoms with Crippen molar-refractivity contribution in [1.29, 1.82) is 5.41 Å². The van der Waals surface area contributed by atoms with Gasteiger partial charge in [0, 0.05) is 36.6 Å². The molecular weight excluding hydrogens is 548 g/mol. The van der Waals surface area contributed by atoms with Crippen LogP contribution in [0.1, 0.15) is 81.9 Å². The number of fused-ring (bicyclic) bond motifs is 1. The van der Waals surface area contributed by atoms with Crippen molar-refractivity contribution in [3.8, 4) is 5.75 Å². The first-order valence-electron chi connectivity index (χ1n) is 13.9. The molecule has 3 aromatic rings. The number of aromatic amines is 1. The molecule has 0 spiro atoms. The maximum Gasteiger partial charge on any atom is 0.407 e. The number of rotatable bonds is 8. The number of H-pyrrole nitrogens is 1. The molecule has 0 atom stereocenters. The highest BCUT2D eigenvalue weighted by Gasteiger charge is 2.27. The lowest BCUT2D eigenvalue weighted by Crippen LogP contribution is -2.45. The Balaban J connectivity index is 0.00000237. The standard InChI is InChI=1S/C27H33F2N7O4.C2H6/c1-27(2,3)40-26(38)35-15-7-5-14(6-8-15)34-24(37)18-12-32-23-22(18)36-20(13-33-23)21(30)17-11-16(39-25(28)29)9-10-19(17)31-4;1-2/h9-15,25,30-31H,5-8H2,1-4H3,(H,32,33)(H,34,37)(H,35,38);1-2H3. The van der Waals surface area contributed by atoms with Crippen molar-refractivity contribution < 1.29 is 27.8 Å². The molecule has 2 aromatic heterocycles. The molecule has 2 heterocycles. The second kappa shape index (κ2) is 14.1. The number of amides is 2. The molecule has 1 saturated carbocycles. The van der Waals surface area contributed by atoms with Crippen molar-refractivity contribution in [3.05, 3.63) is 47.4 Å². The van der Waals surface area contributed by atoms with Gasteiger partial charge in [-0.25, -0.2) is 14.8 Å². The third-order valence-electron chi connectivity index (χ3n) is 6.42. The van der Waals surface area contributed by atoms with Crippen molar-refractivity contribution in [3.63, 3.8) is 0 Å². The van der Waals surface area contributed by atoms with Gasteiger partial charge in [-0.2, -0.15) is 8.78 Å². The zero-order valence-electron chi connectivity index (χ0n) is 24.7. The Hall–Kier alpha value is -4.29. The number of carbonyl (C=O) groups excluding carboxylic acids is 2. The molecule has 0 bridgehead atoms. The zero-order valence-corrected chi connectivity index (χ0v) is 24.7. The average molecular weight is 588 g/mol. The molecule has 13 heteroatoms. The number of aromatic nitrogens is 3. The summed E-state index contributed by atoms with van der Waals surface area (Å²) in [6.45, 7) is 6.42. The summed E-state index contributed by atoms with van der Waals surface area (Å²) in [5, 5.41) is 17.5. The molecule has 0 unspecified atom stereocenters. The Morgan fingerprint density at radius 1 is 1.07 bits per heavy atom. The van der Waals surface area contributed by atoms with E-state index >= 15 is 0 Å². The fourth-order valence-corrected chi connectivity index (χ4v) is 4.57. The summed E-state index contributed by atoms with van der Waals surface area (Å²) in [4.78, 5) is 37.0. The smallest absolute Gasteiger partial charge is 0.407 e. The largest absolute Gasteiger partial charge is 0.444 e. The molecule has 5 N–H and O–H groups in total. The highest BCUT2D eigenvalue weighted by Crippen LogP contribution is 2.26. The number of alkyl carbamates (subject to hydrolysis) is 1. The van der Waals surface area contributed by atoms with Crippen LogP contribution in [0.25, 0.3) is 11.2 Å². The van der Waals surface area contributed by atoms with E-state index in [9.17, 15) is 18.4 Å². The molecule has 228 valence electrons. The van der Waals surface area contributed by atoms with Gasteiger partial charge in [0.15, 0.2) is 5.65 Å². The van der Waals surface area contributed by atoms with E-state index in [0.29, 0.717) is 37.0 Å². The monoisotopic (exact) mass is 587 g/mol. The molecule has 11 nitrogen and oxygen atoms in total. The first-order chi connectivity index (χ1) is 19.9. The first kappa shape index (κ1) is 32.2. The van der Waals surface area contributed by atoms with Gasteiger partial charge in [0.2, 0.25) is 0 Å². The Morgan fingerprint density at radius 3 is 2.31 bits per heavy atom. The fourth-order valence-electron chi connectivity index (χ4n) is 4.57. The molecular formula is C29H39F2N7O4. The number of hydrogen-bond donors (Lipinski definition) is 5. The van der Waals surface area contributed by atoms with Gasteiger partial charge in [0.1, 0.15) is 22.6 Å². The van der Waals surface area contributed by atoms with Crippen molar-refractivity contribution in [2.24, 2.45) is 0 Å². The van der Waals surface area contributed by atoms with Gasteiger partial charge in [0.05, 0.1) is 17.5 Å². The Kier molecular flexibility index (Phi) is 10.8. The maximum absolute atomic E-state index is 13.2. The van der Waals surface area contributed by atoms with Gasteiger partial charge in [-0.15, -0.1) is 0 Å². The van der Waals surface area contributed by atoms with E-state index in [4.69, 9.17) is 10.1 Å². The highest BCUT2D eigenvalue weighted by atomic mass is 19.3. The normalized spacial score (nSPS) is 16.7. The van der Waals surface area contributed by atoms with E-state index < -0.39 is 18.3 Å². The minimum atomic E-state index is -3.00. The summed E-state index contributed by atoms with van der Waals surface area (Å²) in [6, 6.07) is 4.12. The molecule has 1 aliphatic rings. The van der Waals surface area contributed by atoms with Crippen LogP contribution in [-0.2, 0) is 4.74 Å². The Morgan fingerprint density at radius 2 is 1.71 bits per heavy atom. The summed E-state index contributed by atoms with van der Waals surface area (Å²) in [6.07, 6.45) is 5.19. The number of ether oxygens (including phenoxy) is 2. The molecule has 0 radical (unpaired) electrons. The number of halogens is 2. The van der Waals surface area contributed by atoms with Gasteiger partial charge in [-0.3, -0.25) is 10.2 Å². The molecule has 1 aliphatic carbocycles. The Labute approximate surface area is 243 Å². The lowest BCUT2D eigenvalue weighted by atomic mass is 9.91. The first-order valence-corrected chi connectivity index (χ1v) is 13.9. The van der Waals surface area contributed by atoms with E-state index in [1.165, 1.54) is 30.6 Å². The number of carbonyl (C=O) groups is 2. The predicted octanol–water partition coefficient (Wildman–Crippen LogP) is 5.61. The van der Waals surface area contributed by atoms with Crippen LogP contribution in [0.2, 0.25) is 0 Å². The van der Waals surface area contributed by atoms with Crippen LogP contribution in [0, 0.1) is 5.41 Å². The van der Waals surface area contributed by atoms with Crippen LogP contribution in [0.15, 0.2) is 30.6 Å². The topological polar surface area (TPSA) is 154 Å². The Bertz CT molecular complexity index is 1400. The van der Waals surface area contributed by atoms with Crippen molar-refractivity contribution in [2.75, 3.05) is 12.4 Å². The van der Waals surface area contributed by atoms with E-state index in [1.807, 2.05) is 34.6 Å². The summed E-state index contributed by atoms with van der Waals surface area (Å²) in [5.74, 6) is -0.434. The van der Waals surface area contributed by atoms with Gasteiger partial charge >= 0.3 is 12.7 Å². The molecule has 1 aromatic carbocycles. The van der Waals surface area contributed by atoms with Crippen molar-refractivity contribution >= 4 is 34.6 Å². The fraction of sp³-hybridized carbons (Fsp3) is 0.483. The minimum Gasteiger partial charge on any atom is -0.444 e. The van der Waals surface area contributed by atoms with Crippen LogP contribution in [0.4, 0.5) is 19.3 Å². The SMILES string of the molecule is CC.CNc1ccc(OC(F)F)cc1C(=N)c1cnc2[nH]cc(C(=O)NC3CCC(NC(=O)OC(C)(C)C)CC3)c2n1.